The van der Waals surface area contributed by atoms with Crippen LogP contribution < -0.4 is 0 Å². The summed E-state index contributed by atoms with van der Waals surface area (Å²) in [5.41, 5.74) is 5.96. The molecule has 1 aliphatic rings. The number of aryl methyl sites for hydroxylation is 1. The number of pyridine rings is 1. The molecular formula is C18H16N6. The van der Waals surface area contributed by atoms with E-state index in [0.717, 1.165) is 41.3 Å². The number of nitrogens with zero attached hydrogens (tertiary/aromatic N) is 6. The van der Waals surface area contributed by atoms with Gasteiger partial charge in [0.1, 0.15) is 5.69 Å². The molecule has 0 amide bonds. The van der Waals surface area contributed by atoms with E-state index in [1.54, 1.807) is 10.7 Å². The average Bonchev–Trinajstić information content (AvgIpc) is 3.26. The van der Waals surface area contributed by atoms with Crippen LogP contribution in [0.2, 0.25) is 0 Å². The largest absolute Gasteiger partial charge is 0.268 e. The van der Waals surface area contributed by atoms with Gasteiger partial charge in [-0.3, -0.25) is 9.67 Å². The quantitative estimate of drug-likeness (QED) is 0.570. The van der Waals surface area contributed by atoms with Crippen LogP contribution in [0.4, 0.5) is 0 Å². The Hall–Kier alpha value is -3.02. The molecule has 0 fully saturated rings. The van der Waals surface area contributed by atoms with Crippen molar-refractivity contribution in [3.8, 4) is 22.6 Å². The van der Waals surface area contributed by atoms with E-state index in [1.165, 1.54) is 18.5 Å². The van der Waals surface area contributed by atoms with Crippen molar-refractivity contribution in [1.29, 1.82) is 0 Å². The van der Waals surface area contributed by atoms with E-state index in [0.29, 0.717) is 0 Å². The fourth-order valence-electron chi connectivity index (χ4n) is 3.39. The van der Waals surface area contributed by atoms with Crippen LogP contribution in [0.1, 0.15) is 18.5 Å². The second kappa shape index (κ2) is 5.26. The van der Waals surface area contributed by atoms with Gasteiger partial charge in [-0.2, -0.15) is 10.2 Å². The number of hydrogen-bond donors (Lipinski definition) is 0. The summed E-state index contributed by atoms with van der Waals surface area (Å²) in [6.45, 7) is 0.962. The van der Waals surface area contributed by atoms with E-state index in [9.17, 15) is 0 Å². The first-order valence-electron chi connectivity index (χ1n) is 8.22. The van der Waals surface area contributed by atoms with E-state index < -0.39 is 0 Å². The maximum Gasteiger partial charge on any atom is 0.155 e. The lowest BCUT2D eigenvalue weighted by Crippen LogP contribution is -2.11. The summed E-state index contributed by atoms with van der Waals surface area (Å²) in [6.07, 6.45) is 8.92. The SMILES string of the molecule is c1ccc(-c2nn3c(c2-c2ccn4nccc4n2)CCCC3)nc1. The van der Waals surface area contributed by atoms with E-state index in [4.69, 9.17) is 10.1 Å². The van der Waals surface area contributed by atoms with Gasteiger partial charge >= 0.3 is 0 Å². The van der Waals surface area contributed by atoms with Crippen LogP contribution >= 0.6 is 0 Å². The van der Waals surface area contributed by atoms with Crippen LogP contribution in [0, 0.1) is 0 Å². The first-order valence-corrected chi connectivity index (χ1v) is 8.22. The highest BCUT2D eigenvalue weighted by molar-refractivity contribution is 5.80. The van der Waals surface area contributed by atoms with E-state index in [-0.39, 0.29) is 0 Å². The van der Waals surface area contributed by atoms with Crippen molar-refractivity contribution in [3.05, 3.63) is 54.6 Å². The molecule has 118 valence electrons. The number of hydrogen-bond acceptors (Lipinski definition) is 4. The lowest BCUT2D eigenvalue weighted by Gasteiger charge is -2.14. The van der Waals surface area contributed by atoms with Crippen molar-refractivity contribution >= 4 is 5.65 Å². The van der Waals surface area contributed by atoms with E-state index in [2.05, 4.69) is 14.8 Å². The molecule has 1 aliphatic heterocycles. The molecule has 0 atom stereocenters. The second-order valence-corrected chi connectivity index (χ2v) is 6.01. The predicted octanol–water partition coefficient (Wildman–Crippen LogP) is 2.99. The highest BCUT2D eigenvalue weighted by Gasteiger charge is 2.24. The molecule has 24 heavy (non-hydrogen) atoms. The zero-order chi connectivity index (χ0) is 15.9. The highest BCUT2D eigenvalue weighted by Crippen LogP contribution is 2.35. The van der Waals surface area contributed by atoms with Gasteiger partial charge in [-0.15, -0.1) is 0 Å². The lowest BCUT2D eigenvalue weighted by molar-refractivity contribution is 0.487. The number of fused-ring (bicyclic) bond motifs is 2. The first kappa shape index (κ1) is 13.4. The van der Waals surface area contributed by atoms with Gasteiger partial charge in [0.2, 0.25) is 0 Å². The van der Waals surface area contributed by atoms with Crippen LogP contribution in [-0.2, 0) is 13.0 Å². The minimum absolute atomic E-state index is 0.843. The summed E-state index contributed by atoms with van der Waals surface area (Å²) in [4.78, 5) is 9.30. The van der Waals surface area contributed by atoms with Gasteiger partial charge < -0.3 is 0 Å². The molecule has 6 nitrogen and oxygen atoms in total. The van der Waals surface area contributed by atoms with Crippen LogP contribution in [0.25, 0.3) is 28.3 Å². The van der Waals surface area contributed by atoms with Crippen molar-refractivity contribution in [2.24, 2.45) is 0 Å². The Kier molecular flexibility index (Phi) is 2.94. The molecule has 4 aromatic heterocycles. The summed E-state index contributed by atoms with van der Waals surface area (Å²) < 4.78 is 3.91. The zero-order valence-electron chi connectivity index (χ0n) is 13.1. The number of rotatable bonds is 2. The fourth-order valence-corrected chi connectivity index (χ4v) is 3.39. The van der Waals surface area contributed by atoms with Crippen molar-refractivity contribution in [2.45, 2.75) is 25.8 Å². The summed E-state index contributed by atoms with van der Waals surface area (Å²) in [5.74, 6) is 0. The molecule has 0 radical (unpaired) electrons. The zero-order valence-corrected chi connectivity index (χ0v) is 13.1. The van der Waals surface area contributed by atoms with Gasteiger partial charge in [-0.1, -0.05) is 6.07 Å². The minimum atomic E-state index is 0.843. The van der Waals surface area contributed by atoms with Crippen LogP contribution in [0.5, 0.6) is 0 Å². The average molecular weight is 316 g/mol. The third kappa shape index (κ3) is 2.03. The minimum Gasteiger partial charge on any atom is -0.268 e. The van der Waals surface area contributed by atoms with E-state index >= 15 is 0 Å². The molecule has 5 heterocycles. The molecule has 4 aromatic rings. The van der Waals surface area contributed by atoms with Crippen molar-refractivity contribution < 1.29 is 0 Å². The van der Waals surface area contributed by atoms with Crippen molar-refractivity contribution in [3.63, 3.8) is 0 Å². The van der Waals surface area contributed by atoms with E-state index in [1.807, 2.05) is 42.7 Å². The lowest BCUT2D eigenvalue weighted by atomic mass is 10.0. The third-order valence-corrected chi connectivity index (χ3v) is 4.51. The molecule has 0 spiro atoms. The summed E-state index contributed by atoms with van der Waals surface area (Å²) in [5, 5.41) is 9.09. The molecule has 0 unspecified atom stereocenters. The van der Waals surface area contributed by atoms with Gasteiger partial charge in [-0.25, -0.2) is 9.50 Å². The molecule has 0 saturated carbocycles. The summed E-state index contributed by atoms with van der Waals surface area (Å²) in [6, 6.07) is 9.86. The number of aromatic nitrogens is 6. The molecule has 0 N–H and O–H groups in total. The Morgan fingerprint density at radius 2 is 1.96 bits per heavy atom. The molecule has 0 bridgehead atoms. The normalized spacial score (nSPS) is 14.0. The Morgan fingerprint density at radius 1 is 0.958 bits per heavy atom. The molecule has 0 saturated heterocycles. The topological polar surface area (TPSA) is 60.9 Å². The molecule has 5 rings (SSSR count). The Labute approximate surface area is 138 Å². The predicted molar refractivity (Wildman–Crippen MR) is 90.4 cm³/mol. The van der Waals surface area contributed by atoms with Crippen molar-refractivity contribution in [2.75, 3.05) is 0 Å². The van der Waals surface area contributed by atoms with Gasteiger partial charge in [-0.05, 0) is 37.5 Å². The molecule has 0 aliphatic carbocycles. The second-order valence-electron chi connectivity index (χ2n) is 6.01. The van der Waals surface area contributed by atoms with Crippen LogP contribution in [0.15, 0.2) is 48.9 Å². The maximum absolute atomic E-state index is 4.86. The van der Waals surface area contributed by atoms with Crippen LogP contribution in [0.3, 0.4) is 0 Å². The highest BCUT2D eigenvalue weighted by atomic mass is 15.3. The fraction of sp³-hybridized carbons (Fsp3) is 0.222. The smallest absolute Gasteiger partial charge is 0.155 e. The molecular weight excluding hydrogens is 300 g/mol. The monoisotopic (exact) mass is 316 g/mol. The van der Waals surface area contributed by atoms with Crippen LogP contribution in [-0.4, -0.2) is 29.4 Å². The summed E-state index contributed by atoms with van der Waals surface area (Å²) in [7, 11) is 0. The summed E-state index contributed by atoms with van der Waals surface area (Å²) >= 11 is 0. The van der Waals surface area contributed by atoms with Crippen molar-refractivity contribution in [1.82, 2.24) is 29.4 Å². The molecule has 6 heteroatoms. The Balaban J connectivity index is 1.77. The molecule has 0 aromatic carbocycles. The first-order chi connectivity index (χ1) is 11.9. The third-order valence-electron chi connectivity index (χ3n) is 4.51. The van der Waals surface area contributed by atoms with Gasteiger partial charge in [0.05, 0.1) is 23.1 Å². The van der Waals surface area contributed by atoms with Gasteiger partial charge in [0.25, 0.3) is 0 Å². The maximum atomic E-state index is 4.86. The van der Waals surface area contributed by atoms with Gasteiger partial charge in [0, 0.05) is 30.7 Å². The van der Waals surface area contributed by atoms with Gasteiger partial charge in [0.15, 0.2) is 5.65 Å². The Morgan fingerprint density at radius 3 is 2.88 bits per heavy atom. The standard InChI is InChI=1S/C18H16N6/c1-3-9-19-14(5-1)18-17(15-6-2-4-11-23(15)22-18)13-8-12-24-16(21-13)7-10-20-24/h1,3,5,7-10,12H,2,4,6,11H2. The Bertz CT molecular complexity index is 1010.